The minimum Gasteiger partial charge on any atom is -0.384 e. The number of nitriles is 1. The van der Waals surface area contributed by atoms with Gasteiger partial charge in [-0.1, -0.05) is 6.07 Å². The van der Waals surface area contributed by atoms with Crippen LogP contribution >= 0.6 is 0 Å². The molecule has 4 nitrogen and oxygen atoms in total. The molecule has 0 atom stereocenters. The van der Waals surface area contributed by atoms with Crippen LogP contribution in [0, 0.1) is 25.2 Å². The molecule has 0 spiro atoms. The number of nitrogens with zero attached hydrogens (tertiary/aromatic N) is 3. The van der Waals surface area contributed by atoms with Gasteiger partial charge in [0.25, 0.3) is 0 Å². The van der Waals surface area contributed by atoms with Gasteiger partial charge in [-0.15, -0.1) is 0 Å². The SMILES string of the molecule is Cc1cc(C)c(-c2cc(N)n(C)n2)cc1C#N. The van der Waals surface area contributed by atoms with E-state index >= 15 is 0 Å². The minimum absolute atomic E-state index is 0.610. The van der Waals surface area contributed by atoms with Gasteiger partial charge in [0.2, 0.25) is 0 Å². The molecule has 2 N–H and O–H groups in total. The Labute approximate surface area is 100 Å². The summed E-state index contributed by atoms with van der Waals surface area (Å²) in [5, 5.41) is 13.4. The molecule has 0 saturated heterocycles. The van der Waals surface area contributed by atoms with E-state index in [2.05, 4.69) is 11.2 Å². The third kappa shape index (κ3) is 1.87. The Morgan fingerprint density at radius 3 is 2.47 bits per heavy atom. The molecule has 1 heterocycles. The van der Waals surface area contributed by atoms with Crippen molar-refractivity contribution in [3.8, 4) is 17.3 Å². The number of nitrogen functional groups attached to an aromatic ring is 1. The predicted octanol–water partition coefficient (Wildman–Crippen LogP) is 2.16. The van der Waals surface area contributed by atoms with Crippen molar-refractivity contribution in [3.63, 3.8) is 0 Å². The van der Waals surface area contributed by atoms with Gasteiger partial charge >= 0.3 is 0 Å². The van der Waals surface area contributed by atoms with Crippen molar-refractivity contribution in [2.45, 2.75) is 13.8 Å². The Hall–Kier alpha value is -2.28. The summed E-state index contributed by atoms with van der Waals surface area (Å²) >= 11 is 0. The zero-order valence-electron chi connectivity index (χ0n) is 10.2. The molecular formula is C13H14N4. The molecule has 0 saturated carbocycles. The first-order valence-corrected chi connectivity index (χ1v) is 5.34. The standard InChI is InChI=1S/C13H14N4/c1-8-4-9(2)11(5-10(8)7-14)12-6-13(15)17(3)16-12/h4-6H,15H2,1-3H3. The second-order valence-electron chi connectivity index (χ2n) is 4.17. The monoisotopic (exact) mass is 226 g/mol. The fraction of sp³-hybridized carbons (Fsp3) is 0.231. The molecule has 0 bridgehead atoms. The summed E-state index contributed by atoms with van der Waals surface area (Å²) in [5.74, 6) is 0.610. The van der Waals surface area contributed by atoms with Gasteiger partial charge in [0.1, 0.15) is 5.82 Å². The Morgan fingerprint density at radius 2 is 1.94 bits per heavy atom. The lowest BCUT2D eigenvalue weighted by molar-refractivity contribution is 0.782. The maximum absolute atomic E-state index is 9.04. The van der Waals surface area contributed by atoms with Gasteiger partial charge in [0.15, 0.2) is 0 Å². The fourth-order valence-corrected chi connectivity index (χ4v) is 1.86. The van der Waals surface area contributed by atoms with Crippen molar-refractivity contribution in [1.29, 1.82) is 5.26 Å². The van der Waals surface area contributed by atoms with Gasteiger partial charge in [-0.3, -0.25) is 4.68 Å². The first-order chi connectivity index (χ1) is 8.02. The largest absolute Gasteiger partial charge is 0.384 e. The van der Waals surface area contributed by atoms with E-state index in [4.69, 9.17) is 11.0 Å². The highest BCUT2D eigenvalue weighted by atomic mass is 15.3. The molecule has 0 radical (unpaired) electrons. The lowest BCUT2D eigenvalue weighted by Gasteiger charge is -2.05. The van der Waals surface area contributed by atoms with Crippen molar-refractivity contribution in [2.24, 2.45) is 7.05 Å². The van der Waals surface area contributed by atoms with E-state index in [-0.39, 0.29) is 0 Å². The van der Waals surface area contributed by atoms with E-state index in [0.29, 0.717) is 11.4 Å². The Kier molecular flexibility index (Phi) is 2.60. The number of hydrogen-bond donors (Lipinski definition) is 1. The van der Waals surface area contributed by atoms with Crippen LogP contribution in [0.3, 0.4) is 0 Å². The van der Waals surface area contributed by atoms with Gasteiger partial charge in [-0.25, -0.2) is 0 Å². The summed E-state index contributed by atoms with van der Waals surface area (Å²) < 4.78 is 1.63. The van der Waals surface area contributed by atoms with E-state index in [1.807, 2.05) is 32.0 Å². The lowest BCUT2D eigenvalue weighted by Crippen LogP contribution is -1.97. The van der Waals surface area contributed by atoms with Gasteiger partial charge in [-0.05, 0) is 31.0 Å². The zero-order valence-corrected chi connectivity index (χ0v) is 10.2. The van der Waals surface area contributed by atoms with Gasteiger partial charge < -0.3 is 5.73 Å². The topological polar surface area (TPSA) is 67.6 Å². The van der Waals surface area contributed by atoms with Gasteiger partial charge in [0, 0.05) is 18.7 Å². The fourth-order valence-electron chi connectivity index (χ4n) is 1.86. The molecule has 0 aliphatic carbocycles. The molecule has 0 amide bonds. The van der Waals surface area contributed by atoms with Crippen LogP contribution in [-0.2, 0) is 7.05 Å². The van der Waals surface area contributed by atoms with Crippen LogP contribution < -0.4 is 5.73 Å². The zero-order chi connectivity index (χ0) is 12.6. The highest BCUT2D eigenvalue weighted by Crippen LogP contribution is 2.26. The summed E-state index contributed by atoms with van der Waals surface area (Å²) in [5.41, 5.74) is 10.3. The number of anilines is 1. The highest BCUT2D eigenvalue weighted by molar-refractivity contribution is 5.68. The molecule has 17 heavy (non-hydrogen) atoms. The number of benzene rings is 1. The van der Waals surface area contributed by atoms with Crippen LogP contribution in [0.4, 0.5) is 5.82 Å². The summed E-state index contributed by atoms with van der Waals surface area (Å²) in [4.78, 5) is 0. The number of rotatable bonds is 1. The second-order valence-corrected chi connectivity index (χ2v) is 4.17. The van der Waals surface area contributed by atoms with Crippen molar-refractivity contribution in [3.05, 3.63) is 34.9 Å². The molecule has 1 aromatic heterocycles. The molecule has 86 valence electrons. The van der Waals surface area contributed by atoms with E-state index in [1.165, 1.54) is 0 Å². The number of aryl methyl sites for hydroxylation is 3. The van der Waals surface area contributed by atoms with Crippen molar-refractivity contribution in [2.75, 3.05) is 5.73 Å². The second kappa shape index (κ2) is 3.95. The van der Waals surface area contributed by atoms with Crippen LogP contribution in [0.5, 0.6) is 0 Å². The molecule has 4 heteroatoms. The van der Waals surface area contributed by atoms with E-state index in [0.717, 1.165) is 22.4 Å². The van der Waals surface area contributed by atoms with Crippen LogP contribution in [0.15, 0.2) is 18.2 Å². The molecule has 0 unspecified atom stereocenters. The normalized spacial score (nSPS) is 10.2. The third-order valence-electron chi connectivity index (χ3n) is 2.88. The number of hydrogen-bond acceptors (Lipinski definition) is 3. The van der Waals surface area contributed by atoms with Crippen molar-refractivity contribution in [1.82, 2.24) is 9.78 Å². The summed E-state index contributed by atoms with van der Waals surface area (Å²) in [6.45, 7) is 3.94. The Balaban J connectivity index is 2.63. The van der Waals surface area contributed by atoms with E-state index in [9.17, 15) is 0 Å². The number of aromatic nitrogens is 2. The molecule has 0 fully saturated rings. The minimum atomic E-state index is 0.610. The Morgan fingerprint density at radius 1 is 1.24 bits per heavy atom. The molecule has 0 aliphatic heterocycles. The van der Waals surface area contributed by atoms with Crippen LogP contribution in [0.25, 0.3) is 11.3 Å². The van der Waals surface area contributed by atoms with E-state index < -0.39 is 0 Å². The van der Waals surface area contributed by atoms with Crippen LogP contribution in [-0.4, -0.2) is 9.78 Å². The highest BCUT2D eigenvalue weighted by Gasteiger charge is 2.10. The van der Waals surface area contributed by atoms with Crippen LogP contribution in [0.1, 0.15) is 16.7 Å². The van der Waals surface area contributed by atoms with Gasteiger partial charge in [-0.2, -0.15) is 10.4 Å². The Bertz CT molecular complexity index is 598. The smallest absolute Gasteiger partial charge is 0.121 e. The van der Waals surface area contributed by atoms with E-state index in [1.54, 1.807) is 11.7 Å². The summed E-state index contributed by atoms with van der Waals surface area (Å²) in [6.07, 6.45) is 0. The van der Waals surface area contributed by atoms with Gasteiger partial charge in [0.05, 0.1) is 17.3 Å². The first kappa shape index (κ1) is 11.2. The third-order valence-corrected chi connectivity index (χ3v) is 2.88. The van der Waals surface area contributed by atoms with Crippen molar-refractivity contribution < 1.29 is 0 Å². The predicted molar refractivity (Wildman–Crippen MR) is 67.2 cm³/mol. The number of nitrogens with two attached hydrogens (primary N) is 1. The maximum atomic E-state index is 9.04. The lowest BCUT2D eigenvalue weighted by atomic mass is 9.99. The average Bonchev–Trinajstić information content (AvgIpc) is 2.59. The first-order valence-electron chi connectivity index (χ1n) is 5.34. The molecule has 1 aromatic carbocycles. The molecule has 2 aromatic rings. The molecule has 2 rings (SSSR count). The molecule has 0 aliphatic rings. The molecular weight excluding hydrogens is 212 g/mol. The summed E-state index contributed by atoms with van der Waals surface area (Å²) in [7, 11) is 1.80. The summed E-state index contributed by atoms with van der Waals surface area (Å²) in [6, 6.07) is 7.87. The van der Waals surface area contributed by atoms with Crippen LogP contribution in [0.2, 0.25) is 0 Å². The quantitative estimate of drug-likeness (QED) is 0.810. The van der Waals surface area contributed by atoms with Crippen molar-refractivity contribution >= 4 is 5.82 Å². The average molecular weight is 226 g/mol. The maximum Gasteiger partial charge on any atom is 0.121 e.